The van der Waals surface area contributed by atoms with Crippen molar-refractivity contribution in [2.45, 2.75) is 24.8 Å². The lowest BCUT2D eigenvalue weighted by Crippen LogP contribution is -2.06. The maximum atomic E-state index is 10.9. The molecule has 0 aliphatic heterocycles. The van der Waals surface area contributed by atoms with E-state index in [-0.39, 0.29) is 0 Å². The second-order valence-electron chi connectivity index (χ2n) is 4.67. The Labute approximate surface area is 133 Å². The van der Waals surface area contributed by atoms with E-state index < -0.39 is 12.1 Å². The predicted octanol–water partition coefficient (Wildman–Crippen LogP) is 4.21. The lowest BCUT2D eigenvalue weighted by atomic mass is 10.1. The minimum atomic E-state index is -0.892. The third-order valence-corrected chi connectivity index (χ3v) is 3.58. The normalized spacial score (nSPS) is 11.3. The summed E-state index contributed by atoms with van der Waals surface area (Å²) in [7, 11) is 0. The highest BCUT2D eigenvalue weighted by molar-refractivity contribution is 7.95. The second-order valence-corrected chi connectivity index (χ2v) is 5.47. The Morgan fingerprint density at radius 1 is 1.14 bits per heavy atom. The van der Waals surface area contributed by atoms with E-state index in [1.165, 1.54) is 24.5 Å². The molecule has 0 heterocycles. The summed E-state index contributed by atoms with van der Waals surface area (Å²) in [6, 6.07) is 16.9. The first-order chi connectivity index (χ1) is 10.6. The van der Waals surface area contributed by atoms with Gasteiger partial charge in [-0.2, -0.15) is 5.26 Å². The lowest BCUT2D eigenvalue weighted by Gasteiger charge is -2.10. The molecule has 0 fully saturated rings. The number of rotatable bonds is 5. The number of carbonyl (C=O) groups excluding carboxylic acids is 1. The van der Waals surface area contributed by atoms with Gasteiger partial charge in [-0.3, -0.25) is 4.79 Å². The van der Waals surface area contributed by atoms with E-state index in [1.54, 1.807) is 24.3 Å². The Hall–Kier alpha value is -2.45. The Morgan fingerprint density at radius 3 is 2.32 bits per heavy atom. The number of ether oxygens (including phenoxy) is 1. The van der Waals surface area contributed by atoms with Gasteiger partial charge in [0.1, 0.15) is 11.8 Å². The third-order valence-electron chi connectivity index (χ3n) is 2.84. The Morgan fingerprint density at radius 2 is 1.77 bits per heavy atom. The van der Waals surface area contributed by atoms with Crippen LogP contribution in [-0.4, -0.2) is 5.97 Å². The van der Waals surface area contributed by atoms with Crippen molar-refractivity contribution in [2.24, 2.45) is 0 Å². The summed E-state index contributed by atoms with van der Waals surface area (Å²) < 4.78 is 10.5. The van der Waals surface area contributed by atoms with Gasteiger partial charge in [-0.15, -0.1) is 0 Å². The van der Waals surface area contributed by atoms with Gasteiger partial charge in [-0.05, 0) is 31.2 Å². The Bertz CT molecular complexity index is 675. The fraction of sp³-hybridized carbons (Fsp3) is 0.176. The van der Waals surface area contributed by atoms with Crippen molar-refractivity contribution >= 4 is 18.0 Å². The van der Waals surface area contributed by atoms with E-state index in [4.69, 9.17) is 14.2 Å². The topological polar surface area (TPSA) is 59.3 Å². The SMILES string of the molecule is CC(=O)OC(C#N)c1ccc(OSc2ccc(C)cc2)cc1. The largest absolute Gasteiger partial charge is 0.442 e. The maximum absolute atomic E-state index is 10.9. The Balaban J connectivity index is 1.98. The summed E-state index contributed by atoms with van der Waals surface area (Å²) in [6.45, 7) is 3.31. The van der Waals surface area contributed by atoms with Gasteiger partial charge in [-0.1, -0.05) is 29.8 Å². The summed E-state index contributed by atoms with van der Waals surface area (Å²) in [5.41, 5.74) is 1.81. The highest BCUT2D eigenvalue weighted by atomic mass is 32.2. The standard InChI is InChI=1S/C17H15NO3S/c1-12-3-9-16(10-4-12)22-21-15-7-5-14(6-8-15)17(11-18)20-13(2)19/h3-10,17H,1-2H3. The fourth-order valence-corrected chi connectivity index (χ4v) is 2.27. The summed E-state index contributed by atoms with van der Waals surface area (Å²) in [5.74, 6) is 0.177. The average Bonchev–Trinajstić information content (AvgIpc) is 2.52. The molecular formula is C17H15NO3S. The molecule has 2 aromatic carbocycles. The van der Waals surface area contributed by atoms with Crippen LogP contribution in [0, 0.1) is 18.3 Å². The van der Waals surface area contributed by atoms with Crippen molar-refractivity contribution in [1.29, 1.82) is 5.26 Å². The van der Waals surface area contributed by atoms with Crippen molar-refractivity contribution in [2.75, 3.05) is 0 Å². The molecule has 112 valence electrons. The van der Waals surface area contributed by atoms with Gasteiger partial charge in [0.05, 0.1) is 12.0 Å². The molecule has 0 aliphatic carbocycles. The van der Waals surface area contributed by atoms with Gasteiger partial charge in [-0.25, -0.2) is 0 Å². The lowest BCUT2D eigenvalue weighted by molar-refractivity contribution is -0.144. The molecule has 0 bridgehead atoms. The van der Waals surface area contributed by atoms with Gasteiger partial charge in [0.25, 0.3) is 0 Å². The molecule has 1 unspecified atom stereocenters. The molecule has 22 heavy (non-hydrogen) atoms. The smallest absolute Gasteiger partial charge is 0.304 e. The number of hydrogen-bond donors (Lipinski definition) is 0. The zero-order chi connectivity index (χ0) is 15.9. The summed E-state index contributed by atoms with van der Waals surface area (Å²) >= 11 is 1.26. The van der Waals surface area contributed by atoms with Crippen molar-refractivity contribution in [1.82, 2.24) is 0 Å². The van der Waals surface area contributed by atoms with E-state index in [9.17, 15) is 4.79 Å². The second kappa shape index (κ2) is 7.53. The van der Waals surface area contributed by atoms with Crippen LogP contribution in [0.4, 0.5) is 0 Å². The first kappa shape index (κ1) is 15.9. The molecule has 4 nitrogen and oxygen atoms in total. The number of benzene rings is 2. The molecule has 5 heteroatoms. The van der Waals surface area contributed by atoms with E-state index in [2.05, 4.69) is 0 Å². The van der Waals surface area contributed by atoms with Crippen molar-refractivity contribution < 1.29 is 13.7 Å². The zero-order valence-corrected chi connectivity index (χ0v) is 13.1. The molecule has 0 aliphatic rings. The van der Waals surface area contributed by atoms with Crippen LogP contribution in [0.1, 0.15) is 24.2 Å². The molecule has 0 saturated heterocycles. The van der Waals surface area contributed by atoms with Crippen LogP contribution in [0.15, 0.2) is 53.4 Å². The zero-order valence-electron chi connectivity index (χ0n) is 12.3. The quantitative estimate of drug-likeness (QED) is 0.611. The van der Waals surface area contributed by atoms with E-state index in [1.807, 2.05) is 37.3 Å². The first-order valence-electron chi connectivity index (χ1n) is 6.66. The van der Waals surface area contributed by atoms with Crippen LogP contribution >= 0.6 is 12.0 Å². The molecule has 0 N–H and O–H groups in total. The van der Waals surface area contributed by atoms with Gasteiger partial charge in [0.15, 0.2) is 0 Å². The number of esters is 1. The van der Waals surface area contributed by atoms with Crippen LogP contribution in [0.3, 0.4) is 0 Å². The minimum absolute atomic E-state index is 0.484. The monoisotopic (exact) mass is 313 g/mol. The number of hydrogen-bond acceptors (Lipinski definition) is 5. The molecule has 0 aromatic heterocycles. The summed E-state index contributed by atoms with van der Waals surface area (Å²) in [4.78, 5) is 11.9. The van der Waals surface area contributed by atoms with Gasteiger partial charge >= 0.3 is 5.97 Å². The molecule has 2 aromatic rings. The molecule has 0 amide bonds. The minimum Gasteiger partial charge on any atom is -0.442 e. The number of nitriles is 1. The predicted molar refractivity (Wildman–Crippen MR) is 84.2 cm³/mol. The van der Waals surface area contributed by atoms with Gasteiger partial charge in [0.2, 0.25) is 6.10 Å². The van der Waals surface area contributed by atoms with Gasteiger partial charge in [0, 0.05) is 17.4 Å². The molecule has 0 spiro atoms. The van der Waals surface area contributed by atoms with Crippen molar-refractivity contribution in [3.8, 4) is 11.8 Å². The number of nitrogens with zero attached hydrogens (tertiary/aromatic N) is 1. The van der Waals surface area contributed by atoms with Crippen LogP contribution in [0.25, 0.3) is 0 Å². The molecular weight excluding hydrogens is 298 g/mol. The first-order valence-corrected chi connectivity index (χ1v) is 7.40. The van der Waals surface area contributed by atoms with Crippen LogP contribution < -0.4 is 4.18 Å². The van der Waals surface area contributed by atoms with E-state index in [0.29, 0.717) is 11.3 Å². The van der Waals surface area contributed by atoms with Gasteiger partial charge < -0.3 is 8.92 Å². The van der Waals surface area contributed by atoms with E-state index >= 15 is 0 Å². The van der Waals surface area contributed by atoms with Crippen LogP contribution in [0.5, 0.6) is 5.75 Å². The number of aryl methyl sites for hydroxylation is 1. The molecule has 1 atom stereocenters. The molecule has 0 radical (unpaired) electrons. The molecule has 2 rings (SSSR count). The van der Waals surface area contributed by atoms with Crippen LogP contribution in [0.2, 0.25) is 0 Å². The summed E-state index contributed by atoms with van der Waals surface area (Å²) in [6.07, 6.45) is -0.892. The van der Waals surface area contributed by atoms with Crippen molar-refractivity contribution in [3.63, 3.8) is 0 Å². The average molecular weight is 313 g/mol. The highest BCUT2D eigenvalue weighted by Gasteiger charge is 2.13. The maximum Gasteiger partial charge on any atom is 0.304 e. The Kier molecular flexibility index (Phi) is 5.45. The molecule has 0 saturated carbocycles. The fourth-order valence-electron chi connectivity index (χ4n) is 1.72. The third kappa shape index (κ3) is 4.54. The summed E-state index contributed by atoms with van der Waals surface area (Å²) in [5, 5.41) is 9.01. The van der Waals surface area contributed by atoms with Crippen molar-refractivity contribution in [3.05, 3.63) is 59.7 Å². The van der Waals surface area contributed by atoms with Crippen LogP contribution in [-0.2, 0) is 9.53 Å². The van der Waals surface area contributed by atoms with E-state index in [0.717, 1.165) is 4.90 Å². The highest BCUT2D eigenvalue weighted by Crippen LogP contribution is 2.26. The number of carbonyl (C=O) groups is 1.